The van der Waals surface area contributed by atoms with Crippen molar-refractivity contribution in [1.29, 1.82) is 0 Å². The number of hydrogen-bond donors (Lipinski definition) is 0. The molecule has 0 N–H and O–H groups in total. The van der Waals surface area contributed by atoms with Gasteiger partial charge < -0.3 is 0 Å². The highest BCUT2D eigenvalue weighted by Crippen LogP contribution is 2.18. The van der Waals surface area contributed by atoms with Gasteiger partial charge in [-0.2, -0.15) is 0 Å². The Bertz CT molecular complexity index is 1000. The standard InChI is InChI=1S/C18H14FNO3S/c1-13-5-7-17(8-6-13)24(22,23)20-10-9-15(12-20)18(21)14-3-2-4-16(19)11-14/h2-12H,1H3. The van der Waals surface area contributed by atoms with Crippen LogP contribution in [0.15, 0.2) is 71.9 Å². The van der Waals surface area contributed by atoms with Gasteiger partial charge in [0.1, 0.15) is 5.82 Å². The van der Waals surface area contributed by atoms with Crippen molar-refractivity contribution in [3.63, 3.8) is 0 Å². The van der Waals surface area contributed by atoms with Crippen LogP contribution < -0.4 is 0 Å². The lowest BCUT2D eigenvalue weighted by Gasteiger charge is -2.05. The summed E-state index contributed by atoms with van der Waals surface area (Å²) in [5.41, 5.74) is 1.29. The van der Waals surface area contributed by atoms with Gasteiger partial charge >= 0.3 is 0 Å². The van der Waals surface area contributed by atoms with E-state index >= 15 is 0 Å². The monoisotopic (exact) mass is 343 g/mol. The second kappa shape index (κ2) is 6.05. The molecule has 0 amide bonds. The molecule has 0 saturated carbocycles. The normalized spacial score (nSPS) is 11.4. The molecule has 0 bridgehead atoms. The topological polar surface area (TPSA) is 56.1 Å². The molecule has 0 fully saturated rings. The van der Waals surface area contributed by atoms with E-state index < -0.39 is 21.6 Å². The highest BCUT2D eigenvalue weighted by atomic mass is 32.2. The first-order chi connectivity index (χ1) is 11.4. The van der Waals surface area contributed by atoms with E-state index in [0.717, 1.165) is 15.6 Å². The van der Waals surface area contributed by atoms with Gasteiger partial charge in [0, 0.05) is 23.5 Å². The predicted octanol–water partition coefficient (Wildman–Crippen LogP) is 3.40. The third kappa shape index (κ3) is 3.00. The largest absolute Gasteiger partial charge is 0.289 e. The van der Waals surface area contributed by atoms with Crippen molar-refractivity contribution in [2.24, 2.45) is 0 Å². The molecule has 2 aromatic carbocycles. The number of ketones is 1. The van der Waals surface area contributed by atoms with E-state index in [4.69, 9.17) is 0 Å². The maximum Gasteiger partial charge on any atom is 0.267 e. The van der Waals surface area contributed by atoms with Gasteiger partial charge in [0.25, 0.3) is 10.0 Å². The minimum Gasteiger partial charge on any atom is -0.289 e. The molecule has 0 radical (unpaired) electrons. The predicted molar refractivity (Wildman–Crippen MR) is 88.0 cm³/mol. The summed E-state index contributed by atoms with van der Waals surface area (Å²) in [5.74, 6) is -0.958. The molecule has 0 aliphatic carbocycles. The van der Waals surface area contributed by atoms with Crippen LogP contribution in [0.4, 0.5) is 4.39 Å². The molecule has 0 unspecified atom stereocenters. The van der Waals surface area contributed by atoms with Crippen molar-refractivity contribution in [2.75, 3.05) is 0 Å². The first-order valence-corrected chi connectivity index (χ1v) is 8.62. The number of halogens is 1. The van der Waals surface area contributed by atoms with Gasteiger partial charge in [0.15, 0.2) is 5.78 Å². The number of rotatable bonds is 4. The van der Waals surface area contributed by atoms with Crippen LogP contribution in [0.25, 0.3) is 0 Å². The minimum absolute atomic E-state index is 0.133. The highest BCUT2D eigenvalue weighted by molar-refractivity contribution is 7.90. The summed E-state index contributed by atoms with van der Waals surface area (Å²) in [6.45, 7) is 1.86. The molecule has 0 aliphatic heterocycles. The number of benzene rings is 2. The maximum absolute atomic E-state index is 13.2. The van der Waals surface area contributed by atoms with E-state index in [1.165, 1.54) is 48.8 Å². The summed E-state index contributed by atoms with van der Waals surface area (Å²) >= 11 is 0. The lowest BCUT2D eigenvalue weighted by atomic mass is 10.1. The Morgan fingerprint density at radius 3 is 2.38 bits per heavy atom. The second-order valence-electron chi connectivity index (χ2n) is 5.39. The third-order valence-electron chi connectivity index (χ3n) is 3.61. The molecule has 4 nitrogen and oxygen atoms in total. The van der Waals surface area contributed by atoms with Crippen molar-refractivity contribution in [3.05, 3.63) is 89.5 Å². The Kier molecular flexibility index (Phi) is 4.07. The summed E-state index contributed by atoms with van der Waals surface area (Å²) in [7, 11) is -3.77. The lowest BCUT2D eigenvalue weighted by molar-refractivity contribution is 0.103. The number of carbonyl (C=O) groups excluding carboxylic acids is 1. The van der Waals surface area contributed by atoms with E-state index in [9.17, 15) is 17.6 Å². The summed E-state index contributed by atoms with van der Waals surface area (Å²) in [6.07, 6.45) is 2.55. The number of aromatic nitrogens is 1. The molecule has 24 heavy (non-hydrogen) atoms. The first-order valence-electron chi connectivity index (χ1n) is 7.18. The van der Waals surface area contributed by atoms with Crippen molar-refractivity contribution in [3.8, 4) is 0 Å². The molecule has 6 heteroatoms. The number of hydrogen-bond acceptors (Lipinski definition) is 3. The molecule has 0 atom stereocenters. The quantitative estimate of drug-likeness (QED) is 0.682. The average molecular weight is 343 g/mol. The van der Waals surface area contributed by atoms with E-state index in [1.54, 1.807) is 12.1 Å². The fourth-order valence-corrected chi connectivity index (χ4v) is 3.49. The summed E-state index contributed by atoms with van der Waals surface area (Å²) in [4.78, 5) is 12.5. The van der Waals surface area contributed by atoms with Crippen LogP contribution in [-0.4, -0.2) is 18.2 Å². The Hall–Kier alpha value is -2.73. The van der Waals surface area contributed by atoms with Crippen molar-refractivity contribution in [1.82, 2.24) is 3.97 Å². The number of aryl methyl sites for hydroxylation is 1. The smallest absolute Gasteiger partial charge is 0.267 e. The summed E-state index contributed by atoms with van der Waals surface area (Å²) in [5, 5.41) is 0. The minimum atomic E-state index is -3.77. The third-order valence-corrected chi connectivity index (χ3v) is 5.26. The van der Waals surface area contributed by atoms with Crippen molar-refractivity contribution in [2.45, 2.75) is 11.8 Å². The van der Waals surface area contributed by atoms with E-state index in [0.29, 0.717) is 0 Å². The Morgan fingerprint density at radius 1 is 1.00 bits per heavy atom. The van der Waals surface area contributed by atoms with Gasteiger partial charge in [0.05, 0.1) is 4.90 Å². The summed E-state index contributed by atoms with van der Waals surface area (Å²) in [6, 6.07) is 13.1. The number of carbonyl (C=O) groups is 1. The van der Waals surface area contributed by atoms with Gasteiger partial charge in [-0.1, -0.05) is 29.8 Å². The van der Waals surface area contributed by atoms with Crippen LogP contribution in [0.3, 0.4) is 0 Å². The van der Waals surface area contributed by atoms with Crippen LogP contribution in [0.2, 0.25) is 0 Å². The van der Waals surface area contributed by atoms with Crippen LogP contribution in [-0.2, 0) is 10.0 Å². The fraction of sp³-hybridized carbons (Fsp3) is 0.0556. The summed E-state index contributed by atoms with van der Waals surface area (Å²) < 4.78 is 39.4. The average Bonchev–Trinajstić information content (AvgIpc) is 3.05. The Balaban J connectivity index is 1.95. The molecule has 1 aromatic heterocycles. The van der Waals surface area contributed by atoms with E-state index in [-0.39, 0.29) is 16.0 Å². The number of nitrogens with zero attached hydrogens (tertiary/aromatic N) is 1. The first kappa shape index (κ1) is 16.1. The molecule has 122 valence electrons. The zero-order valence-electron chi connectivity index (χ0n) is 12.8. The van der Waals surface area contributed by atoms with Gasteiger partial charge in [-0.25, -0.2) is 16.8 Å². The molecule has 3 aromatic rings. The van der Waals surface area contributed by atoms with Gasteiger partial charge in [-0.15, -0.1) is 0 Å². The van der Waals surface area contributed by atoms with Crippen LogP contribution in [0.1, 0.15) is 21.5 Å². The zero-order valence-corrected chi connectivity index (χ0v) is 13.6. The van der Waals surface area contributed by atoms with Crippen LogP contribution >= 0.6 is 0 Å². The zero-order chi connectivity index (χ0) is 17.3. The van der Waals surface area contributed by atoms with Gasteiger partial charge in [-0.05, 0) is 37.3 Å². The molecule has 1 heterocycles. The van der Waals surface area contributed by atoms with E-state index in [1.807, 2.05) is 6.92 Å². The Morgan fingerprint density at radius 2 is 1.71 bits per heavy atom. The Labute approximate surface area is 139 Å². The molecular formula is C18H14FNO3S. The molecule has 0 aliphatic rings. The van der Waals surface area contributed by atoms with Gasteiger partial charge in [-0.3, -0.25) is 4.79 Å². The lowest BCUT2D eigenvalue weighted by Crippen LogP contribution is -2.11. The molecule has 3 rings (SSSR count). The van der Waals surface area contributed by atoms with Crippen molar-refractivity contribution < 1.29 is 17.6 Å². The fourth-order valence-electron chi connectivity index (χ4n) is 2.29. The second-order valence-corrected chi connectivity index (χ2v) is 7.23. The van der Waals surface area contributed by atoms with Crippen molar-refractivity contribution >= 4 is 15.8 Å². The highest BCUT2D eigenvalue weighted by Gasteiger charge is 2.19. The maximum atomic E-state index is 13.2. The SMILES string of the molecule is Cc1ccc(S(=O)(=O)n2ccc(C(=O)c3cccc(F)c3)c2)cc1. The van der Waals surface area contributed by atoms with Gasteiger partial charge in [0.2, 0.25) is 0 Å². The molecular weight excluding hydrogens is 329 g/mol. The molecule has 0 saturated heterocycles. The molecule has 0 spiro atoms. The van der Waals surface area contributed by atoms with Crippen LogP contribution in [0, 0.1) is 12.7 Å². The van der Waals surface area contributed by atoms with Crippen LogP contribution in [0.5, 0.6) is 0 Å². The van der Waals surface area contributed by atoms with E-state index in [2.05, 4.69) is 0 Å².